The highest BCUT2D eigenvalue weighted by atomic mass is 32.1. The molecular weight excluding hydrogens is 432 g/mol. The lowest BCUT2D eigenvalue weighted by Gasteiger charge is -2.12. The number of aromatic nitrogens is 1. The molecule has 0 bridgehead atoms. The molecule has 3 N–H and O–H groups in total. The van der Waals surface area contributed by atoms with Gasteiger partial charge in [-0.05, 0) is 42.5 Å². The molecule has 3 rings (SSSR count). The summed E-state index contributed by atoms with van der Waals surface area (Å²) in [5.41, 5.74) is 1.93. The quantitative estimate of drug-likeness (QED) is 0.479. The number of methoxy groups -OCH3 is 2. The number of carbonyl (C=O) groups is 3. The molecule has 1 aromatic heterocycles. The van der Waals surface area contributed by atoms with E-state index >= 15 is 0 Å². The molecule has 0 unspecified atom stereocenters. The first kappa shape index (κ1) is 22.8. The molecule has 0 aliphatic heterocycles. The van der Waals surface area contributed by atoms with E-state index < -0.39 is 0 Å². The smallest absolute Gasteiger partial charge is 0.257 e. The highest BCUT2D eigenvalue weighted by Crippen LogP contribution is 2.28. The number of thiazole rings is 1. The average molecular weight is 455 g/mol. The minimum Gasteiger partial charge on any atom is -0.497 e. The molecule has 3 amide bonds. The van der Waals surface area contributed by atoms with Crippen LogP contribution < -0.4 is 25.4 Å². The SMILES string of the molecule is COc1ccc(C(=O)Nc2nc(CC(=O)Nc3cc(NC(C)=O)ccc3OC)cs2)cc1. The Kier molecular flexibility index (Phi) is 7.40. The molecule has 32 heavy (non-hydrogen) atoms. The Hall–Kier alpha value is -3.92. The molecule has 3 aromatic rings. The van der Waals surface area contributed by atoms with Crippen LogP contribution in [0.2, 0.25) is 0 Å². The maximum absolute atomic E-state index is 12.5. The predicted molar refractivity (Wildman–Crippen MR) is 123 cm³/mol. The van der Waals surface area contributed by atoms with Crippen LogP contribution >= 0.6 is 11.3 Å². The van der Waals surface area contributed by atoms with E-state index in [4.69, 9.17) is 9.47 Å². The predicted octanol–water partition coefficient (Wildman–Crippen LogP) is 3.55. The van der Waals surface area contributed by atoms with Gasteiger partial charge in [0, 0.05) is 23.6 Å². The van der Waals surface area contributed by atoms with E-state index in [0.29, 0.717) is 39.3 Å². The fraction of sp³-hybridized carbons (Fsp3) is 0.182. The van der Waals surface area contributed by atoms with Crippen LogP contribution in [-0.4, -0.2) is 36.9 Å². The third-order valence-corrected chi connectivity index (χ3v) is 5.07. The van der Waals surface area contributed by atoms with Crippen LogP contribution in [-0.2, 0) is 16.0 Å². The second-order valence-corrected chi connectivity index (χ2v) is 7.51. The summed E-state index contributed by atoms with van der Waals surface area (Å²) in [5, 5.41) is 10.2. The monoisotopic (exact) mass is 454 g/mol. The largest absolute Gasteiger partial charge is 0.497 e. The van der Waals surface area contributed by atoms with E-state index in [-0.39, 0.29) is 24.1 Å². The molecule has 0 saturated carbocycles. The van der Waals surface area contributed by atoms with Crippen molar-refractivity contribution in [3.8, 4) is 11.5 Å². The van der Waals surface area contributed by atoms with E-state index in [0.717, 1.165) is 0 Å². The normalized spacial score (nSPS) is 10.2. The summed E-state index contributed by atoms with van der Waals surface area (Å²) in [7, 11) is 3.04. The van der Waals surface area contributed by atoms with Crippen molar-refractivity contribution in [3.05, 3.63) is 59.1 Å². The zero-order valence-corrected chi connectivity index (χ0v) is 18.5. The Morgan fingerprint density at radius 2 is 1.72 bits per heavy atom. The maximum Gasteiger partial charge on any atom is 0.257 e. The number of amides is 3. The van der Waals surface area contributed by atoms with Gasteiger partial charge >= 0.3 is 0 Å². The van der Waals surface area contributed by atoms with E-state index in [1.165, 1.54) is 25.4 Å². The number of rotatable bonds is 8. The molecule has 0 atom stereocenters. The van der Waals surface area contributed by atoms with Crippen molar-refractivity contribution in [2.45, 2.75) is 13.3 Å². The molecule has 10 heteroatoms. The van der Waals surface area contributed by atoms with Crippen LogP contribution in [0.5, 0.6) is 11.5 Å². The van der Waals surface area contributed by atoms with Gasteiger partial charge in [-0.25, -0.2) is 4.98 Å². The van der Waals surface area contributed by atoms with Gasteiger partial charge in [0.2, 0.25) is 11.8 Å². The van der Waals surface area contributed by atoms with Gasteiger partial charge in [-0.15, -0.1) is 11.3 Å². The van der Waals surface area contributed by atoms with Crippen LogP contribution in [0.1, 0.15) is 23.0 Å². The molecular formula is C22H22N4O5S. The van der Waals surface area contributed by atoms with Crippen molar-refractivity contribution in [2.24, 2.45) is 0 Å². The number of carbonyl (C=O) groups excluding carboxylic acids is 3. The summed E-state index contributed by atoms with van der Waals surface area (Å²) in [6.45, 7) is 1.40. The van der Waals surface area contributed by atoms with E-state index in [2.05, 4.69) is 20.9 Å². The number of anilines is 3. The van der Waals surface area contributed by atoms with E-state index in [1.807, 2.05) is 0 Å². The van der Waals surface area contributed by atoms with Crippen molar-refractivity contribution >= 4 is 45.6 Å². The van der Waals surface area contributed by atoms with Crippen LogP contribution in [0.15, 0.2) is 47.8 Å². The summed E-state index contributed by atoms with van der Waals surface area (Å²) in [4.78, 5) is 40.4. The van der Waals surface area contributed by atoms with Gasteiger partial charge < -0.3 is 20.1 Å². The minimum atomic E-state index is -0.318. The average Bonchev–Trinajstić information content (AvgIpc) is 3.20. The van der Waals surface area contributed by atoms with Gasteiger partial charge in [-0.1, -0.05) is 0 Å². The highest BCUT2D eigenvalue weighted by Gasteiger charge is 2.14. The summed E-state index contributed by atoms with van der Waals surface area (Å²) in [5.74, 6) is 0.264. The van der Waals surface area contributed by atoms with Crippen molar-refractivity contribution in [1.82, 2.24) is 4.98 Å². The van der Waals surface area contributed by atoms with Crippen LogP contribution in [0.4, 0.5) is 16.5 Å². The Labute approximate surface area is 188 Å². The lowest BCUT2D eigenvalue weighted by atomic mass is 10.2. The van der Waals surface area contributed by atoms with Crippen LogP contribution in [0.3, 0.4) is 0 Å². The Morgan fingerprint density at radius 1 is 0.969 bits per heavy atom. The molecule has 0 radical (unpaired) electrons. The zero-order chi connectivity index (χ0) is 23.1. The Bertz CT molecular complexity index is 1130. The first-order valence-electron chi connectivity index (χ1n) is 9.53. The first-order valence-corrected chi connectivity index (χ1v) is 10.4. The molecule has 0 aliphatic rings. The van der Waals surface area contributed by atoms with Crippen LogP contribution in [0, 0.1) is 0 Å². The van der Waals surface area contributed by atoms with Gasteiger partial charge in [0.1, 0.15) is 11.5 Å². The highest BCUT2D eigenvalue weighted by molar-refractivity contribution is 7.14. The first-order chi connectivity index (χ1) is 15.4. The molecule has 166 valence electrons. The lowest BCUT2D eigenvalue weighted by Crippen LogP contribution is -2.16. The van der Waals surface area contributed by atoms with Gasteiger partial charge in [-0.2, -0.15) is 0 Å². The third-order valence-electron chi connectivity index (χ3n) is 4.26. The van der Waals surface area contributed by atoms with Crippen molar-refractivity contribution in [2.75, 3.05) is 30.2 Å². The fourth-order valence-corrected chi connectivity index (χ4v) is 3.51. The number of nitrogens with zero attached hydrogens (tertiary/aromatic N) is 1. The molecule has 1 heterocycles. The lowest BCUT2D eigenvalue weighted by molar-refractivity contribution is -0.116. The van der Waals surface area contributed by atoms with Gasteiger partial charge in [0.05, 0.1) is 32.0 Å². The fourth-order valence-electron chi connectivity index (χ4n) is 2.80. The van der Waals surface area contributed by atoms with Gasteiger partial charge in [-0.3, -0.25) is 19.7 Å². The molecule has 9 nitrogen and oxygen atoms in total. The Balaban J connectivity index is 1.62. The van der Waals surface area contributed by atoms with Gasteiger partial charge in [0.25, 0.3) is 5.91 Å². The Morgan fingerprint density at radius 3 is 2.38 bits per heavy atom. The molecule has 2 aromatic carbocycles. The molecule has 0 aliphatic carbocycles. The number of nitrogens with one attached hydrogen (secondary N) is 3. The summed E-state index contributed by atoms with van der Waals surface area (Å²) in [6, 6.07) is 11.6. The summed E-state index contributed by atoms with van der Waals surface area (Å²) in [6.07, 6.45) is 0.00241. The van der Waals surface area contributed by atoms with Crippen LogP contribution in [0.25, 0.3) is 0 Å². The standard InChI is InChI=1S/C22H22N4O5S/c1-13(27)23-15-6-9-19(31-3)18(10-15)25-20(28)11-16-12-32-22(24-16)26-21(29)14-4-7-17(30-2)8-5-14/h4-10,12H,11H2,1-3H3,(H,23,27)(H,25,28)(H,24,26,29). The second-order valence-electron chi connectivity index (χ2n) is 6.65. The van der Waals surface area contributed by atoms with Gasteiger partial charge in [0.15, 0.2) is 5.13 Å². The van der Waals surface area contributed by atoms with Crippen molar-refractivity contribution in [1.29, 1.82) is 0 Å². The number of ether oxygens (including phenoxy) is 2. The topological polar surface area (TPSA) is 119 Å². The second kappa shape index (κ2) is 10.4. The molecule has 0 saturated heterocycles. The molecule has 0 fully saturated rings. The zero-order valence-electron chi connectivity index (χ0n) is 17.7. The van der Waals surface area contributed by atoms with E-state index in [1.54, 1.807) is 55.0 Å². The number of hydrogen-bond acceptors (Lipinski definition) is 7. The number of hydrogen-bond donors (Lipinski definition) is 3. The van der Waals surface area contributed by atoms with Crippen molar-refractivity contribution < 1.29 is 23.9 Å². The molecule has 0 spiro atoms. The summed E-state index contributed by atoms with van der Waals surface area (Å²) >= 11 is 1.23. The summed E-state index contributed by atoms with van der Waals surface area (Å²) < 4.78 is 10.3. The number of benzene rings is 2. The van der Waals surface area contributed by atoms with E-state index in [9.17, 15) is 14.4 Å². The maximum atomic E-state index is 12.5. The third kappa shape index (κ3) is 6.05. The van der Waals surface area contributed by atoms with Crippen molar-refractivity contribution in [3.63, 3.8) is 0 Å². The minimum absolute atomic E-state index is 0.00241.